The van der Waals surface area contributed by atoms with Crippen LogP contribution in [0.25, 0.3) is 0 Å². The van der Waals surface area contributed by atoms with Crippen LogP contribution in [-0.2, 0) is 14.4 Å². The molecule has 0 bridgehead atoms. The van der Waals surface area contributed by atoms with E-state index >= 15 is 0 Å². The Kier molecular flexibility index (Phi) is 32.2. The van der Waals surface area contributed by atoms with E-state index in [9.17, 15) is 29.7 Å². The van der Waals surface area contributed by atoms with Crippen molar-refractivity contribution in [3.8, 4) is 0 Å². The summed E-state index contributed by atoms with van der Waals surface area (Å²) < 4.78 is 0. The Hall–Kier alpha value is 1.33. The van der Waals surface area contributed by atoms with Gasteiger partial charge in [-0.2, -0.15) is 0 Å². The first-order chi connectivity index (χ1) is 6.68. The maximum Gasteiger partial charge on any atom is 1.00 e. The maximum absolute atomic E-state index is 9.58. The molecular formula is C7H9Na3O8. The van der Waals surface area contributed by atoms with Gasteiger partial charge in [0.05, 0.1) is 24.1 Å². The number of rotatable bonds is 4. The zero-order valence-electron chi connectivity index (χ0n) is 10.7. The van der Waals surface area contributed by atoms with Crippen molar-refractivity contribution in [2.75, 3.05) is 0 Å². The summed E-state index contributed by atoms with van der Waals surface area (Å²) >= 11 is 0. The van der Waals surface area contributed by atoms with E-state index < -0.39 is 36.5 Å². The van der Waals surface area contributed by atoms with Gasteiger partial charge in [-0.1, -0.05) is 0 Å². The number of carbonyl (C=O) groups excluding carboxylic acids is 3. The second-order valence-electron chi connectivity index (χ2n) is 2.41. The molecule has 0 saturated carbocycles. The summed E-state index contributed by atoms with van der Waals surface area (Å²) in [5.74, 6) is -4.86. The SMILES string of the molecule is CC(O)C(=O)[O-].O=C([O-])CC(O)C(=O)[O-].[Na+].[Na+].[Na+]. The Morgan fingerprint density at radius 1 is 0.944 bits per heavy atom. The van der Waals surface area contributed by atoms with Crippen molar-refractivity contribution in [1.82, 2.24) is 0 Å². The van der Waals surface area contributed by atoms with Gasteiger partial charge in [0.1, 0.15) is 0 Å². The smallest absolute Gasteiger partial charge is 0.550 e. The molecule has 88 valence electrons. The molecule has 0 aliphatic rings. The van der Waals surface area contributed by atoms with Crippen LogP contribution >= 0.6 is 0 Å². The van der Waals surface area contributed by atoms with E-state index in [0.29, 0.717) is 0 Å². The average Bonchev–Trinajstić information content (AvgIpc) is 2.03. The quantitative estimate of drug-likeness (QED) is 0.482. The minimum atomic E-state index is -1.96. The zero-order chi connectivity index (χ0) is 12.6. The van der Waals surface area contributed by atoms with Crippen LogP contribution in [-0.4, -0.2) is 40.3 Å². The number of carboxylic acids is 3. The van der Waals surface area contributed by atoms with Gasteiger partial charge in [-0.05, 0) is 6.92 Å². The number of aliphatic hydroxyl groups is 2. The molecule has 0 amide bonds. The van der Waals surface area contributed by atoms with Crippen LogP contribution in [0.5, 0.6) is 0 Å². The molecule has 2 unspecified atom stereocenters. The monoisotopic (exact) mass is 290 g/mol. The van der Waals surface area contributed by atoms with Crippen LogP contribution in [0.15, 0.2) is 0 Å². The van der Waals surface area contributed by atoms with Crippen molar-refractivity contribution in [3.63, 3.8) is 0 Å². The van der Waals surface area contributed by atoms with E-state index in [1.165, 1.54) is 0 Å². The van der Waals surface area contributed by atoms with Crippen LogP contribution in [0.4, 0.5) is 0 Å². The molecule has 0 aromatic heterocycles. The van der Waals surface area contributed by atoms with Crippen LogP contribution < -0.4 is 104 Å². The van der Waals surface area contributed by atoms with Gasteiger partial charge in [0, 0.05) is 12.4 Å². The molecule has 0 heterocycles. The molecule has 0 aromatic rings. The third kappa shape index (κ3) is 26.0. The second kappa shape index (κ2) is 18.3. The average molecular weight is 290 g/mol. The van der Waals surface area contributed by atoms with Crippen molar-refractivity contribution in [1.29, 1.82) is 0 Å². The normalized spacial score (nSPS) is 10.8. The molecule has 18 heavy (non-hydrogen) atoms. The number of hydrogen-bond donors (Lipinski definition) is 2. The van der Waals surface area contributed by atoms with Crippen LogP contribution in [0.3, 0.4) is 0 Å². The Morgan fingerprint density at radius 2 is 1.22 bits per heavy atom. The topological polar surface area (TPSA) is 161 Å². The fraction of sp³-hybridized carbons (Fsp3) is 0.571. The Bertz CT molecular complexity index is 245. The maximum atomic E-state index is 9.58. The number of carbonyl (C=O) groups is 3. The van der Waals surface area contributed by atoms with Gasteiger partial charge < -0.3 is 39.9 Å². The summed E-state index contributed by atoms with van der Waals surface area (Å²) in [4.78, 5) is 28.5. The van der Waals surface area contributed by atoms with E-state index in [2.05, 4.69) is 0 Å². The molecule has 11 heteroatoms. The minimum absolute atomic E-state index is 0. The van der Waals surface area contributed by atoms with Gasteiger partial charge in [0.15, 0.2) is 0 Å². The van der Waals surface area contributed by atoms with E-state index in [4.69, 9.17) is 10.2 Å². The zero-order valence-corrected chi connectivity index (χ0v) is 16.7. The standard InChI is InChI=1S/C4H6O5.C3H6O3.3Na/c5-2(4(8)9)1-3(6)7;1-2(4)3(5)6;;;/h2,5H,1H2,(H,6,7)(H,8,9);2,4H,1H3,(H,5,6);;;/q;;3*+1/p-3. The number of aliphatic carboxylic acids is 3. The van der Waals surface area contributed by atoms with Crippen LogP contribution in [0.1, 0.15) is 13.3 Å². The van der Waals surface area contributed by atoms with Crippen molar-refractivity contribution in [2.45, 2.75) is 25.6 Å². The summed E-state index contributed by atoms with van der Waals surface area (Å²) in [5.41, 5.74) is 0. The first-order valence-electron chi connectivity index (χ1n) is 3.66. The van der Waals surface area contributed by atoms with Gasteiger partial charge in [-0.25, -0.2) is 0 Å². The molecule has 0 saturated heterocycles. The Balaban J connectivity index is -0.0000000566. The molecule has 0 aromatic carbocycles. The van der Waals surface area contributed by atoms with Gasteiger partial charge >= 0.3 is 88.7 Å². The first kappa shape index (κ1) is 31.6. The fourth-order valence-corrected chi connectivity index (χ4v) is 0.241. The van der Waals surface area contributed by atoms with Crippen molar-refractivity contribution in [3.05, 3.63) is 0 Å². The summed E-state index contributed by atoms with van der Waals surface area (Å²) in [7, 11) is 0. The first-order valence-corrected chi connectivity index (χ1v) is 3.66. The summed E-state index contributed by atoms with van der Waals surface area (Å²) in [6.45, 7) is 1.13. The summed E-state index contributed by atoms with van der Waals surface area (Å²) in [6.07, 6.45) is -4.23. The molecule has 2 N–H and O–H groups in total. The molecule has 0 aliphatic heterocycles. The second-order valence-corrected chi connectivity index (χ2v) is 2.41. The third-order valence-electron chi connectivity index (χ3n) is 0.973. The van der Waals surface area contributed by atoms with Crippen molar-refractivity contribution >= 4 is 17.9 Å². The van der Waals surface area contributed by atoms with Crippen LogP contribution in [0, 0.1) is 0 Å². The van der Waals surface area contributed by atoms with Gasteiger partial charge in [0.25, 0.3) is 0 Å². The molecule has 0 spiro atoms. The van der Waals surface area contributed by atoms with Gasteiger partial charge in [-0.15, -0.1) is 0 Å². The molecule has 0 rings (SSSR count). The molecular weight excluding hydrogens is 281 g/mol. The van der Waals surface area contributed by atoms with Gasteiger partial charge in [-0.3, -0.25) is 0 Å². The minimum Gasteiger partial charge on any atom is -0.550 e. The van der Waals surface area contributed by atoms with Crippen molar-refractivity contribution < 1.29 is 129 Å². The van der Waals surface area contributed by atoms with E-state index in [1.54, 1.807) is 0 Å². The summed E-state index contributed by atoms with van der Waals surface area (Å²) in [5, 5.41) is 44.7. The van der Waals surface area contributed by atoms with E-state index in [-0.39, 0.29) is 88.7 Å². The van der Waals surface area contributed by atoms with Crippen molar-refractivity contribution in [2.24, 2.45) is 0 Å². The fourth-order valence-electron chi connectivity index (χ4n) is 0.241. The summed E-state index contributed by atoms with van der Waals surface area (Å²) in [6, 6.07) is 0. The Labute approximate surface area is 170 Å². The van der Waals surface area contributed by atoms with E-state index in [1.807, 2.05) is 0 Å². The molecule has 0 fully saturated rings. The number of aliphatic hydroxyl groups excluding tert-OH is 2. The molecule has 0 aliphatic carbocycles. The predicted molar refractivity (Wildman–Crippen MR) is 37.3 cm³/mol. The van der Waals surface area contributed by atoms with Gasteiger partial charge in [0.2, 0.25) is 0 Å². The molecule has 0 radical (unpaired) electrons. The number of carboxylic acid groups (broad SMARTS) is 3. The predicted octanol–water partition coefficient (Wildman–Crippen LogP) is -14.6. The third-order valence-corrected chi connectivity index (χ3v) is 0.973. The largest absolute Gasteiger partial charge is 1.00 e. The molecule has 2 atom stereocenters. The molecule has 8 nitrogen and oxygen atoms in total. The van der Waals surface area contributed by atoms with E-state index in [0.717, 1.165) is 6.92 Å². The Morgan fingerprint density at radius 3 is 1.28 bits per heavy atom. The number of hydrogen-bond acceptors (Lipinski definition) is 8. The van der Waals surface area contributed by atoms with Crippen LogP contribution in [0.2, 0.25) is 0 Å².